The van der Waals surface area contributed by atoms with Crippen LogP contribution in [0.4, 0.5) is 0 Å². The Hall–Kier alpha value is -0.120. The lowest BCUT2D eigenvalue weighted by atomic mass is 10.0. The molecule has 0 aromatic carbocycles. The van der Waals surface area contributed by atoms with E-state index in [2.05, 4.69) is 48.2 Å². The monoisotopic (exact) mass is 470 g/mol. The number of hydrogen-bond acceptors (Lipinski definition) is 4. The number of nitrogens with zero attached hydrogens (tertiary/aromatic N) is 2. The molecule has 0 aromatic heterocycles. The van der Waals surface area contributed by atoms with Crippen LogP contribution in [-0.2, 0) is 9.47 Å². The highest BCUT2D eigenvalue weighted by atomic mass is 127. The third-order valence-corrected chi connectivity index (χ3v) is 4.20. The highest BCUT2D eigenvalue weighted by Crippen LogP contribution is 2.12. The number of guanidine groups is 1. The summed E-state index contributed by atoms with van der Waals surface area (Å²) in [7, 11) is 1.82. The van der Waals surface area contributed by atoms with Crippen molar-refractivity contribution >= 4 is 29.9 Å². The maximum absolute atomic E-state index is 5.60. The van der Waals surface area contributed by atoms with Crippen molar-refractivity contribution < 1.29 is 9.47 Å². The summed E-state index contributed by atoms with van der Waals surface area (Å²) >= 11 is 0. The minimum absolute atomic E-state index is 0. The Balaban J connectivity index is 0.00000576. The van der Waals surface area contributed by atoms with Gasteiger partial charge >= 0.3 is 0 Å². The second-order valence-electron chi connectivity index (χ2n) is 7.16. The van der Waals surface area contributed by atoms with Gasteiger partial charge in [0.2, 0.25) is 0 Å². The Bertz CT molecular complexity index is 348. The van der Waals surface area contributed by atoms with Crippen LogP contribution in [0.2, 0.25) is 0 Å². The number of rotatable bonds is 10. The Morgan fingerprint density at radius 3 is 2.40 bits per heavy atom. The van der Waals surface area contributed by atoms with Gasteiger partial charge in [-0.15, -0.1) is 24.0 Å². The first-order chi connectivity index (χ1) is 11.5. The Morgan fingerprint density at radius 2 is 1.84 bits per heavy atom. The molecule has 1 aliphatic rings. The van der Waals surface area contributed by atoms with Gasteiger partial charge in [-0.1, -0.05) is 27.7 Å². The maximum Gasteiger partial charge on any atom is 0.191 e. The Labute approximate surface area is 171 Å². The van der Waals surface area contributed by atoms with E-state index in [0.29, 0.717) is 17.9 Å². The van der Waals surface area contributed by atoms with Crippen molar-refractivity contribution in [3.63, 3.8) is 0 Å². The summed E-state index contributed by atoms with van der Waals surface area (Å²) in [4.78, 5) is 6.84. The molecular weight excluding hydrogens is 431 g/mol. The van der Waals surface area contributed by atoms with Gasteiger partial charge in [-0.25, -0.2) is 0 Å². The van der Waals surface area contributed by atoms with Crippen LogP contribution in [0, 0.1) is 11.8 Å². The predicted octanol–water partition coefficient (Wildman–Crippen LogP) is 2.19. The lowest BCUT2D eigenvalue weighted by molar-refractivity contribution is 0.00752. The molecule has 0 spiro atoms. The van der Waals surface area contributed by atoms with Crippen molar-refractivity contribution in [3.8, 4) is 0 Å². The normalized spacial score (nSPS) is 17.5. The number of nitrogens with one attached hydrogen (secondary N) is 2. The minimum Gasteiger partial charge on any atom is -0.381 e. The molecule has 1 heterocycles. The van der Waals surface area contributed by atoms with Crippen molar-refractivity contribution in [2.75, 3.05) is 59.7 Å². The summed E-state index contributed by atoms with van der Waals surface area (Å²) in [6.07, 6.45) is 0.991. The zero-order valence-electron chi connectivity index (χ0n) is 16.7. The van der Waals surface area contributed by atoms with E-state index in [9.17, 15) is 0 Å². The van der Waals surface area contributed by atoms with Gasteiger partial charge in [-0.2, -0.15) is 0 Å². The van der Waals surface area contributed by atoms with Crippen LogP contribution < -0.4 is 10.6 Å². The van der Waals surface area contributed by atoms with Gasteiger partial charge in [0.15, 0.2) is 5.96 Å². The summed E-state index contributed by atoms with van der Waals surface area (Å²) in [5.74, 6) is 2.07. The van der Waals surface area contributed by atoms with Crippen molar-refractivity contribution in [3.05, 3.63) is 0 Å². The van der Waals surface area contributed by atoms with Gasteiger partial charge in [0.1, 0.15) is 0 Å². The van der Waals surface area contributed by atoms with Crippen LogP contribution in [0.25, 0.3) is 0 Å². The molecule has 0 saturated carbocycles. The molecular formula is C18H39IN4O2. The minimum atomic E-state index is 0. The molecule has 0 bridgehead atoms. The molecule has 1 fully saturated rings. The van der Waals surface area contributed by atoms with E-state index < -0.39 is 0 Å². The first-order valence-corrected chi connectivity index (χ1v) is 9.38. The average molecular weight is 470 g/mol. The van der Waals surface area contributed by atoms with E-state index in [1.807, 2.05) is 7.05 Å². The van der Waals surface area contributed by atoms with Crippen LogP contribution >= 0.6 is 24.0 Å². The number of halogens is 1. The summed E-state index contributed by atoms with van der Waals surface area (Å²) in [5.41, 5.74) is 0. The average Bonchev–Trinajstić information content (AvgIpc) is 2.56. The largest absolute Gasteiger partial charge is 0.381 e. The topological polar surface area (TPSA) is 58.1 Å². The molecule has 1 unspecified atom stereocenters. The Morgan fingerprint density at radius 1 is 1.16 bits per heavy atom. The van der Waals surface area contributed by atoms with Gasteiger partial charge < -0.3 is 20.1 Å². The highest BCUT2D eigenvalue weighted by Gasteiger charge is 2.23. The lowest BCUT2D eigenvalue weighted by Gasteiger charge is -2.37. The van der Waals surface area contributed by atoms with E-state index in [-0.39, 0.29) is 24.0 Å². The van der Waals surface area contributed by atoms with Gasteiger partial charge in [-0.3, -0.25) is 9.89 Å². The van der Waals surface area contributed by atoms with E-state index in [0.717, 1.165) is 65.0 Å². The first-order valence-electron chi connectivity index (χ1n) is 9.38. The Kier molecular flexibility index (Phi) is 14.9. The van der Waals surface area contributed by atoms with Crippen LogP contribution in [-0.4, -0.2) is 76.6 Å². The molecule has 1 atom stereocenters. The van der Waals surface area contributed by atoms with E-state index in [1.165, 1.54) is 0 Å². The van der Waals surface area contributed by atoms with Crippen molar-refractivity contribution in [1.29, 1.82) is 0 Å². The quantitative estimate of drug-likeness (QED) is 0.222. The van der Waals surface area contributed by atoms with E-state index in [1.54, 1.807) is 0 Å². The molecule has 0 aromatic rings. The number of morpholine rings is 1. The predicted molar refractivity (Wildman–Crippen MR) is 116 cm³/mol. The molecule has 1 saturated heterocycles. The van der Waals surface area contributed by atoms with Crippen LogP contribution in [0.15, 0.2) is 4.99 Å². The third kappa shape index (κ3) is 11.2. The number of ether oxygens (including phenoxy) is 2. The van der Waals surface area contributed by atoms with Crippen LogP contribution in [0.1, 0.15) is 34.1 Å². The van der Waals surface area contributed by atoms with E-state index >= 15 is 0 Å². The zero-order valence-corrected chi connectivity index (χ0v) is 19.0. The molecule has 25 heavy (non-hydrogen) atoms. The molecule has 7 heteroatoms. The van der Waals surface area contributed by atoms with Crippen LogP contribution in [0.5, 0.6) is 0 Å². The lowest BCUT2D eigenvalue weighted by Crippen LogP contribution is -2.52. The van der Waals surface area contributed by atoms with Gasteiger partial charge in [0, 0.05) is 52.5 Å². The number of aliphatic imine (C=N–C) groups is 1. The van der Waals surface area contributed by atoms with Crippen molar-refractivity contribution in [2.45, 2.75) is 40.2 Å². The summed E-state index contributed by atoms with van der Waals surface area (Å²) < 4.78 is 11.1. The van der Waals surface area contributed by atoms with Gasteiger partial charge in [-0.05, 0) is 18.3 Å². The fourth-order valence-corrected chi connectivity index (χ4v) is 2.82. The second-order valence-corrected chi connectivity index (χ2v) is 7.16. The van der Waals surface area contributed by atoms with E-state index in [4.69, 9.17) is 9.47 Å². The molecule has 150 valence electrons. The SMILES string of the molecule is CN=C(NCCCOCC(C)C)NCC(C(C)C)N1CCOCC1.I. The van der Waals surface area contributed by atoms with Crippen LogP contribution in [0.3, 0.4) is 0 Å². The zero-order chi connectivity index (χ0) is 17.8. The fourth-order valence-electron chi connectivity index (χ4n) is 2.82. The molecule has 2 N–H and O–H groups in total. The van der Waals surface area contributed by atoms with Gasteiger partial charge in [0.05, 0.1) is 13.2 Å². The van der Waals surface area contributed by atoms with Crippen molar-refractivity contribution in [1.82, 2.24) is 15.5 Å². The summed E-state index contributed by atoms with van der Waals surface area (Å²) in [5, 5.41) is 6.84. The number of hydrogen-bond donors (Lipinski definition) is 2. The summed E-state index contributed by atoms with van der Waals surface area (Å²) in [6, 6.07) is 0.502. The summed E-state index contributed by atoms with van der Waals surface area (Å²) in [6.45, 7) is 16.0. The first kappa shape index (κ1) is 24.9. The molecule has 0 aliphatic carbocycles. The molecule has 0 radical (unpaired) electrons. The standard InChI is InChI=1S/C18H38N4O2.HI/c1-15(2)14-24-10-6-7-20-18(19-5)21-13-17(16(3)4)22-8-11-23-12-9-22;/h15-17H,6-14H2,1-5H3,(H2,19,20,21);1H. The highest BCUT2D eigenvalue weighted by molar-refractivity contribution is 14.0. The smallest absolute Gasteiger partial charge is 0.191 e. The fraction of sp³-hybridized carbons (Fsp3) is 0.944. The maximum atomic E-state index is 5.60. The molecule has 1 aliphatic heterocycles. The molecule has 0 amide bonds. The second kappa shape index (κ2) is 15.0. The van der Waals surface area contributed by atoms with Gasteiger partial charge in [0.25, 0.3) is 0 Å². The molecule has 6 nitrogen and oxygen atoms in total. The van der Waals surface area contributed by atoms with Crippen molar-refractivity contribution in [2.24, 2.45) is 16.8 Å². The molecule has 1 rings (SSSR count). The third-order valence-electron chi connectivity index (χ3n) is 4.20.